The van der Waals surface area contributed by atoms with E-state index >= 15 is 0 Å². The van der Waals surface area contributed by atoms with Crippen molar-refractivity contribution in [2.75, 3.05) is 36.5 Å². The van der Waals surface area contributed by atoms with E-state index in [1.165, 1.54) is 18.2 Å². The van der Waals surface area contributed by atoms with E-state index in [0.29, 0.717) is 30.3 Å². The molecule has 1 saturated heterocycles. The van der Waals surface area contributed by atoms with Crippen molar-refractivity contribution in [2.45, 2.75) is 0 Å². The first-order valence-corrected chi connectivity index (χ1v) is 9.86. The molecule has 8 heteroatoms. The second-order valence-electron chi connectivity index (χ2n) is 6.92. The molecule has 0 saturated carbocycles. The predicted molar refractivity (Wildman–Crippen MR) is 118 cm³/mol. The Morgan fingerprint density at radius 1 is 1.03 bits per heavy atom. The number of hydrogen-bond acceptors (Lipinski definition) is 6. The van der Waals surface area contributed by atoms with E-state index in [1.807, 2.05) is 24.3 Å². The minimum Gasteiger partial charge on any atom is -0.456 e. The quantitative estimate of drug-likeness (QED) is 0.363. The van der Waals surface area contributed by atoms with E-state index in [-0.39, 0.29) is 11.6 Å². The molecule has 1 N–H and O–H groups in total. The summed E-state index contributed by atoms with van der Waals surface area (Å²) in [5.41, 5.74) is 2.02. The van der Waals surface area contributed by atoms with Crippen LogP contribution >= 0.6 is 0 Å². The molecule has 1 aliphatic rings. The standard InChI is InChI=1S/C23H21N3O5/c27-23(24-19-6-2-4-8-21(19)25-13-15-30-16-14-25)12-10-17-9-11-22(31-17)18-5-1-3-7-20(18)26(28)29/h1-12H,13-16H2,(H,24,27)/b12-10+. The van der Waals surface area contributed by atoms with Crippen molar-refractivity contribution >= 4 is 29.0 Å². The van der Waals surface area contributed by atoms with Crippen molar-refractivity contribution in [3.05, 3.63) is 82.6 Å². The summed E-state index contributed by atoms with van der Waals surface area (Å²) in [5.74, 6) is 0.485. The van der Waals surface area contributed by atoms with Crippen LogP contribution in [0.3, 0.4) is 0 Å². The van der Waals surface area contributed by atoms with Gasteiger partial charge in [-0.3, -0.25) is 14.9 Å². The number of nitro benzene ring substituents is 1. The lowest BCUT2D eigenvalue weighted by molar-refractivity contribution is -0.384. The smallest absolute Gasteiger partial charge is 0.280 e. The highest BCUT2D eigenvalue weighted by molar-refractivity contribution is 6.03. The van der Waals surface area contributed by atoms with Crippen LogP contribution in [0.25, 0.3) is 17.4 Å². The van der Waals surface area contributed by atoms with Gasteiger partial charge >= 0.3 is 0 Å². The third-order valence-electron chi connectivity index (χ3n) is 4.91. The molecule has 1 fully saturated rings. The van der Waals surface area contributed by atoms with Gasteiger partial charge in [0.05, 0.1) is 35.1 Å². The molecule has 0 bridgehead atoms. The van der Waals surface area contributed by atoms with Crippen molar-refractivity contribution in [3.8, 4) is 11.3 Å². The maximum atomic E-state index is 12.5. The van der Waals surface area contributed by atoms with E-state index in [1.54, 1.807) is 30.3 Å². The number of amides is 1. The third kappa shape index (κ3) is 4.81. The fourth-order valence-electron chi connectivity index (χ4n) is 3.42. The molecule has 0 atom stereocenters. The van der Waals surface area contributed by atoms with Gasteiger partial charge in [-0.1, -0.05) is 24.3 Å². The van der Waals surface area contributed by atoms with E-state index in [2.05, 4.69) is 10.2 Å². The second kappa shape index (κ2) is 9.27. The van der Waals surface area contributed by atoms with Crippen molar-refractivity contribution in [2.24, 2.45) is 0 Å². The van der Waals surface area contributed by atoms with Crippen molar-refractivity contribution in [1.82, 2.24) is 0 Å². The first-order chi connectivity index (χ1) is 15.1. The molecule has 8 nitrogen and oxygen atoms in total. The number of morpholine rings is 1. The number of nitro groups is 1. The number of nitrogens with zero attached hydrogens (tertiary/aromatic N) is 2. The van der Waals surface area contributed by atoms with Gasteiger partial charge in [0.15, 0.2) is 0 Å². The lowest BCUT2D eigenvalue weighted by Gasteiger charge is -2.30. The van der Waals surface area contributed by atoms with Crippen LogP contribution in [0.1, 0.15) is 5.76 Å². The highest BCUT2D eigenvalue weighted by atomic mass is 16.6. The number of hydrogen-bond donors (Lipinski definition) is 1. The van der Waals surface area contributed by atoms with Crippen LogP contribution < -0.4 is 10.2 Å². The van der Waals surface area contributed by atoms with E-state index < -0.39 is 4.92 Å². The van der Waals surface area contributed by atoms with Crippen LogP contribution in [-0.4, -0.2) is 37.1 Å². The number of furan rings is 1. The van der Waals surface area contributed by atoms with E-state index in [9.17, 15) is 14.9 Å². The van der Waals surface area contributed by atoms with E-state index in [0.717, 1.165) is 24.5 Å². The molecule has 2 heterocycles. The predicted octanol–water partition coefficient (Wildman–Crippen LogP) is 4.34. The maximum Gasteiger partial charge on any atom is 0.280 e. The largest absolute Gasteiger partial charge is 0.456 e. The molecule has 0 spiro atoms. The van der Waals surface area contributed by atoms with Gasteiger partial charge in [-0.15, -0.1) is 0 Å². The fraction of sp³-hybridized carbons (Fsp3) is 0.174. The summed E-state index contributed by atoms with van der Waals surface area (Å²) in [6, 6.07) is 17.3. The molecule has 31 heavy (non-hydrogen) atoms. The minimum absolute atomic E-state index is 0.0372. The molecule has 0 radical (unpaired) electrons. The number of ether oxygens (including phenoxy) is 1. The number of rotatable bonds is 6. The number of carbonyl (C=O) groups is 1. The zero-order chi connectivity index (χ0) is 21.6. The molecule has 1 aliphatic heterocycles. The Morgan fingerprint density at radius 3 is 2.58 bits per heavy atom. The Hall–Kier alpha value is -3.91. The van der Waals surface area contributed by atoms with Gasteiger partial charge in [-0.25, -0.2) is 0 Å². The lowest BCUT2D eigenvalue weighted by atomic mass is 10.1. The van der Waals surface area contributed by atoms with Gasteiger partial charge in [-0.2, -0.15) is 0 Å². The van der Waals surface area contributed by atoms with Crippen LogP contribution in [0.2, 0.25) is 0 Å². The fourth-order valence-corrected chi connectivity index (χ4v) is 3.42. The average Bonchev–Trinajstić information content (AvgIpc) is 3.28. The Labute approximate surface area is 178 Å². The van der Waals surface area contributed by atoms with Crippen LogP contribution in [-0.2, 0) is 9.53 Å². The van der Waals surface area contributed by atoms with Crippen molar-refractivity contribution < 1.29 is 18.9 Å². The lowest BCUT2D eigenvalue weighted by Crippen LogP contribution is -2.36. The van der Waals surface area contributed by atoms with Gasteiger partial charge in [0.25, 0.3) is 5.69 Å². The van der Waals surface area contributed by atoms with Gasteiger partial charge in [-0.05, 0) is 36.4 Å². The third-order valence-corrected chi connectivity index (χ3v) is 4.91. The molecule has 158 valence electrons. The molecule has 0 unspecified atom stereocenters. The summed E-state index contributed by atoms with van der Waals surface area (Å²) in [7, 11) is 0. The highest BCUT2D eigenvalue weighted by Gasteiger charge is 2.17. The molecular formula is C23H21N3O5. The van der Waals surface area contributed by atoms with Gasteiger partial charge in [0, 0.05) is 25.2 Å². The summed E-state index contributed by atoms with van der Waals surface area (Å²) in [6.07, 6.45) is 2.91. The summed E-state index contributed by atoms with van der Waals surface area (Å²) in [5, 5.41) is 14.1. The van der Waals surface area contributed by atoms with Crippen LogP contribution in [0.15, 0.2) is 71.2 Å². The first-order valence-electron chi connectivity index (χ1n) is 9.86. The average molecular weight is 419 g/mol. The zero-order valence-corrected chi connectivity index (χ0v) is 16.7. The molecule has 0 aliphatic carbocycles. The molecule has 3 aromatic rings. The molecule has 1 aromatic heterocycles. The normalized spacial score (nSPS) is 14.0. The Balaban J connectivity index is 1.46. The number of para-hydroxylation sites is 3. The summed E-state index contributed by atoms with van der Waals surface area (Å²) >= 11 is 0. The topological polar surface area (TPSA) is 97.8 Å². The number of nitrogens with one attached hydrogen (secondary N) is 1. The van der Waals surface area contributed by atoms with Crippen molar-refractivity contribution in [3.63, 3.8) is 0 Å². The van der Waals surface area contributed by atoms with Gasteiger partial charge < -0.3 is 19.4 Å². The van der Waals surface area contributed by atoms with Crippen molar-refractivity contribution in [1.29, 1.82) is 0 Å². The highest BCUT2D eigenvalue weighted by Crippen LogP contribution is 2.31. The van der Waals surface area contributed by atoms with E-state index in [4.69, 9.17) is 9.15 Å². The monoisotopic (exact) mass is 419 g/mol. The molecular weight excluding hydrogens is 398 g/mol. The van der Waals surface area contributed by atoms with Crippen LogP contribution in [0.4, 0.5) is 17.1 Å². The van der Waals surface area contributed by atoms with Gasteiger partial charge in [0.2, 0.25) is 5.91 Å². The minimum atomic E-state index is -0.452. The Kier molecular flexibility index (Phi) is 6.09. The van der Waals surface area contributed by atoms with Crippen LogP contribution in [0.5, 0.6) is 0 Å². The SMILES string of the molecule is O=C(/C=C/c1ccc(-c2ccccc2[N+](=O)[O-])o1)Nc1ccccc1N1CCOCC1. The van der Waals surface area contributed by atoms with Crippen LogP contribution in [0, 0.1) is 10.1 Å². The molecule has 2 aromatic carbocycles. The molecule has 4 rings (SSSR count). The Morgan fingerprint density at radius 2 is 1.77 bits per heavy atom. The summed E-state index contributed by atoms with van der Waals surface area (Å²) < 4.78 is 11.1. The summed E-state index contributed by atoms with van der Waals surface area (Å²) in [6.45, 7) is 2.85. The Bertz CT molecular complexity index is 1120. The summed E-state index contributed by atoms with van der Waals surface area (Å²) in [4.78, 5) is 25.4. The number of anilines is 2. The maximum absolute atomic E-state index is 12.5. The number of carbonyl (C=O) groups excluding carboxylic acids is 1. The molecule has 1 amide bonds. The first kappa shape index (κ1) is 20.4. The zero-order valence-electron chi connectivity index (χ0n) is 16.7. The van der Waals surface area contributed by atoms with Gasteiger partial charge in [0.1, 0.15) is 11.5 Å². The second-order valence-corrected chi connectivity index (χ2v) is 6.92. The number of benzene rings is 2.